The number of hydrogen-bond donors (Lipinski definition) is 2. The van der Waals surface area contributed by atoms with Crippen molar-refractivity contribution >= 4 is 33.8 Å². The van der Waals surface area contributed by atoms with Crippen molar-refractivity contribution in [3.63, 3.8) is 0 Å². The summed E-state index contributed by atoms with van der Waals surface area (Å²) in [5.41, 5.74) is -1.31. The summed E-state index contributed by atoms with van der Waals surface area (Å²) in [5.74, 6) is -1.03. The monoisotopic (exact) mass is 313 g/mol. The van der Waals surface area contributed by atoms with Crippen molar-refractivity contribution in [1.29, 1.82) is 0 Å². The molecule has 9 heteroatoms. The fourth-order valence-electron chi connectivity index (χ4n) is 2.03. The molecular weight excluding hydrogens is 298 g/mol. The van der Waals surface area contributed by atoms with E-state index in [1.807, 2.05) is 0 Å². The lowest BCUT2D eigenvalue weighted by atomic mass is 9.99. The van der Waals surface area contributed by atoms with E-state index in [2.05, 4.69) is 5.32 Å². The van der Waals surface area contributed by atoms with Gasteiger partial charge in [0, 0.05) is 10.9 Å². The minimum absolute atomic E-state index is 0.153. The minimum atomic E-state index is -1.10. The van der Waals surface area contributed by atoms with Crippen LogP contribution in [0.4, 0.5) is 10.7 Å². The molecule has 21 heavy (non-hydrogen) atoms. The Kier molecular flexibility index (Phi) is 3.72. The maximum absolute atomic E-state index is 11.9. The molecule has 1 saturated heterocycles. The van der Waals surface area contributed by atoms with E-state index in [-0.39, 0.29) is 17.2 Å². The quantitative estimate of drug-likeness (QED) is 0.488. The van der Waals surface area contributed by atoms with E-state index in [0.29, 0.717) is 4.88 Å². The van der Waals surface area contributed by atoms with Gasteiger partial charge in [-0.3, -0.25) is 25.0 Å². The number of nitro groups is 1. The molecule has 1 atom stereocenters. The van der Waals surface area contributed by atoms with Crippen LogP contribution in [0.1, 0.15) is 31.8 Å². The van der Waals surface area contributed by atoms with Gasteiger partial charge in [0.2, 0.25) is 5.91 Å². The van der Waals surface area contributed by atoms with Gasteiger partial charge in [-0.25, -0.2) is 0 Å². The summed E-state index contributed by atoms with van der Waals surface area (Å²) in [4.78, 5) is 36.0. The summed E-state index contributed by atoms with van der Waals surface area (Å²) in [6.45, 7) is 4.51. The molecule has 2 amide bonds. The Morgan fingerprint density at radius 3 is 2.67 bits per heavy atom. The Morgan fingerprint density at radius 2 is 2.14 bits per heavy atom. The van der Waals surface area contributed by atoms with Gasteiger partial charge in [-0.15, -0.1) is 11.3 Å². The smallest absolute Gasteiger partial charge is 0.304 e. The average Bonchev–Trinajstić information content (AvgIpc) is 2.79. The summed E-state index contributed by atoms with van der Waals surface area (Å²) in [6, 6.07) is 1.28. The molecule has 1 aromatic heterocycles. The van der Waals surface area contributed by atoms with Gasteiger partial charge in [0.05, 0.1) is 17.6 Å². The van der Waals surface area contributed by atoms with Gasteiger partial charge in [-0.2, -0.15) is 0 Å². The maximum atomic E-state index is 11.9. The summed E-state index contributed by atoms with van der Waals surface area (Å²) in [5, 5.41) is 23.2. The maximum Gasteiger partial charge on any atom is 0.304 e. The van der Waals surface area contributed by atoms with Crippen LogP contribution in [0.5, 0.6) is 0 Å². The standard InChI is InChI=1S/C12H15N3O5S/c1-6(16)8-4-7(15(19)20)10(21-8)14-5-9(17)13-11(18)12(14,2)3/h4,6,16H,5H2,1-3H3,(H,13,17,18)/t6-/m1/s1. The van der Waals surface area contributed by atoms with Crippen LogP contribution in [-0.4, -0.2) is 33.9 Å². The number of nitrogens with one attached hydrogen (secondary N) is 1. The molecule has 8 nitrogen and oxygen atoms in total. The number of aliphatic hydroxyl groups is 1. The Morgan fingerprint density at radius 1 is 1.52 bits per heavy atom. The van der Waals surface area contributed by atoms with E-state index in [0.717, 1.165) is 11.3 Å². The molecule has 0 spiro atoms. The van der Waals surface area contributed by atoms with Gasteiger partial charge in [-0.1, -0.05) is 0 Å². The number of amides is 2. The van der Waals surface area contributed by atoms with E-state index >= 15 is 0 Å². The molecule has 0 bridgehead atoms. The third kappa shape index (κ3) is 2.61. The molecule has 0 unspecified atom stereocenters. The highest BCUT2D eigenvalue weighted by Gasteiger charge is 2.44. The first kappa shape index (κ1) is 15.4. The molecule has 2 heterocycles. The highest BCUT2D eigenvalue weighted by Crippen LogP contribution is 2.43. The van der Waals surface area contributed by atoms with Crippen LogP contribution in [0.3, 0.4) is 0 Å². The number of carbonyl (C=O) groups excluding carboxylic acids is 2. The van der Waals surface area contributed by atoms with Crippen molar-refractivity contribution in [3.8, 4) is 0 Å². The van der Waals surface area contributed by atoms with E-state index in [1.165, 1.54) is 17.9 Å². The second kappa shape index (κ2) is 5.08. The molecule has 1 aliphatic heterocycles. The summed E-state index contributed by atoms with van der Waals surface area (Å²) >= 11 is 1.01. The van der Waals surface area contributed by atoms with Crippen molar-refractivity contribution in [2.45, 2.75) is 32.4 Å². The largest absolute Gasteiger partial charge is 0.388 e. The Balaban J connectivity index is 2.55. The van der Waals surface area contributed by atoms with Gasteiger partial charge in [0.1, 0.15) is 5.54 Å². The van der Waals surface area contributed by atoms with Crippen molar-refractivity contribution in [2.24, 2.45) is 0 Å². The van der Waals surface area contributed by atoms with E-state index in [1.54, 1.807) is 13.8 Å². The highest BCUT2D eigenvalue weighted by molar-refractivity contribution is 7.16. The summed E-state index contributed by atoms with van der Waals surface area (Å²) in [7, 11) is 0. The van der Waals surface area contributed by atoms with Crippen LogP contribution in [-0.2, 0) is 9.59 Å². The molecule has 0 saturated carbocycles. The molecule has 114 valence electrons. The average molecular weight is 313 g/mol. The minimum Gasteiger partial charge on any atom is -0.388 e. The number of nitrogens with zero attached hydrogens (tertiary/aromatic N) is 2. The first-order valence-corrected chi connectivity index (χ1v) is 7.04. The van der Waals surface area contributed by atoms with E-state index < -0.39 is 28.4 Å². The zero-order chi connectivity index (χ0) is 15.9. The molecule has 0 aromatic carbocycles. The van der Waals surface area contributed by atoms with Gasteiger partial charge in [0.15, 0.2) is 5.00 Å². The van der Waals surface area contributed by atoms with Crippen molar-refractivity contribution < 1.29 is 19.6 Å². The fourth-order valence-corrected chi connectivity index (χ4v) is 3.23. The number of piperazine rings is 1. The van der Waals surface area contributed by atoms with Crippen LogP contribution >= 0.6 is 11.3 Å². The van der Waals surface area contributed by atoms with Crippen LogP contribution in [0, 0.1) is 10.1 Å². The van der Waals surface area contributed by atoms with Crippen LogP contribution < -0.4 is 10.2 Å². The van der Waals surface area contributed by atoms with Gasteiger partial charge in [0.25, 0.3) is 5.91 Å². The molecule has 2 N–H and O–H groups in total. The predicted molar refractivity (Wildman–Crippen MR) is 76.2 cm³/mol. The number of rotatable bonds is 3. The molecule has 0 radical (unpaired) electrons. The van der Waals surface area contributed by atoms with Gasteiger partial charge in [-0.05, 0) is 20.8 Å². The number of imide groups is 1. The van der Waals surface area contributed by atoms with Crippen LogP contribution in [0.25, 0.3) is 0 Å². The van der Waals surface area contributed by atoms with Gasteiger partial charge >= 0.3 is 5.69 Å². The lowest BCUT2D eigenvalue weighted by Crippen LogP contribution is -2.64. The first-order chi connectivity index (χ1) is 9.64. The van der Waals surface area contributed by atoms with Crippen LogP contribution in [0.2, 0.25) is 0 Å². The number of anilines is 1. The van der Waals surface area contributed by atoms with E-state index in [4.69, 9.17) is 0 Å². The topological polar surface area (TPSA) is 113 Å². The summed E-state index contributed by atoms with van der Waals surface area (Å²) in [6.07, 6.45) is -0.861. The molecule has 0 aliphatic carbocycles. The molecule has 1 aliphatic rings. The zero-order valence-corrected chi connectivity index (χ0v) is 12.6. The van der Waals surface area contributed by atoms with Crippen molar-refractivity contribution in [3.05, 3.63) is 21.1 Å². The lowest BCUT2D eigenvalue weighted by molar-refractivity contribution is -0.383. The van der Waals surface area contributed by atoms with Crippen molar-refractivity contribution in [1.82, 2.24) is 5.32 Å². The fraction of sp³-hybridized carbons (Fsp3) is 0.500. The Hall–Kier alpha value is -2.00. The third-order valence-electron chi connectivity index (χ3n) is 3.35. The molecule has 2 rings (SSSR count). The number of aliphatic hydroxyl groups excluding tert-OH is 1. The SMILES string of the molecule is C[C@@H](O)c1cc([N+](=O)[O-])c(N2CC(=O)NC(=O)C2(C)C)s1. The second-order valence-corrected chi connectivity index (χ2v) is 6.36. The molecule has 1 fully saturated rings. The molecular formula is C12H15N3O5S. The summed E-state index contributed by atoms with van der Waals surface area (Å²) < 4.78 is 0. The second-order valence-electron chi connectivity index (χ2n) is 5.29. The normalized spacial score (nSPS) is 19.3. The molecule has 1 aromatic rings. The number of carbonyl (C=O) groups is 2. The van der Waals surface area contributed by atoms with Crippen LogP contribution in [0.15, 0.2) is 6.07 Å². The number of hydrogen-bond acceptors (Lipinski definition) is 7. The van der Waals surface area contributed by atoms with Gasteiger partial charge < -0.3 is 10.0 Å². The third-order valence-corrected chi connectivity index (χ3v) is 4.67. The van der Waals surface area contributed by atoms with Crippen molar-refractivity contribution in [2.75, 3.05) is 11.4 Å². The first-order valence-electron chi connectivity index (χ1n) is 6.22. The Bertz CT molecular complexity index is 622. The zero-order valence-electron chi connectivity index (χ0n) is 11.7. The predicted octanol–water partition coefficient (Wildman–Crippen LogP) is 0.951. The van der Waals surface area contributed by atoms with E-state index in [9.17, 15) is 24.8 Å². The highest BCUT2D eigenvalue weighted by atomic mass is 32.1. The number of thiophene rings is 1. The lowest BCUT2D eigenvalue weighted by Gasteiger charge is -2.40. The Labute approximate surface area is 124 Å².